The van der Waals surface area contributed by atoms with E-state index in [2.05, 4.69) is 21.2 Å². The first-order chi connectivity index (χ1) is 21.3. The molecule has 0 radical (unpaired) electrons. The van der Waals surface area contributed by atoms with Gasteiger partial charge in [-0.3, -0.25) is 23.7 Å². The molecule has 3 amide bonds. The van der Waals surface area contributed by atoms with Crippen LogP contribution in [0.5, 0.6) is 5.75 Å². The molecule has 0 aliphatic carbocycles. The molecular weight excluding hydrogens is 662 g/mol. The number of benzene rings is 4. The number of methoxy groups -OCH3 is 1. The third kappa shape index (κ3) is 4.85. The number of anilines is 2. The number of nitrogens with one attached hydrogen (secondary N) is 1. The zero-order chi connectivity index (χ0) is 30.5. The van der Waals surface area contributed by atoms with Gasteiger partial charge in [-0.1, -0.05) is 87.6 Å². The highest BCUT2D eigenvalue weighted by atomic mass is 79.9. The van der Waals surface area contributed by atoms with Crippen molar-refractivity contribution in [1.29, 1.82) is 0 Å². The first kappa shape index (κ1) is 28.6. The summed E-state index contributed by atoms with van der Waals surface area (Å²) < 4.78 is 7.50. The van der Waals surface area contributed by atoms with Crippen LogP contribution in [-0.4, -0.2) is 34.6 Å². The van der Waals surface area contributed by atoms with Crippen molar-refractivity contribution in [1.82, 2.24) is 4.57 Å². The number of amides is 3. The molecule has 0 bridgehead atoms. The Hall–Kier alpha value is -4.19. The summed E-state index contributed by atoms with van der Waals surface area (Å²) in [5, 5.41) is 4.60. The van der Waals surface area contributed by atoms with E-state index in [-0.39, 0.29) is 29.1 Å². The number of imide groups is 1. The number of carbonyl (C=O) groups is 3. The van der Waals surface area contributed by atoms with Gasteiger partial charge in [0.15, 0.2) is 0 Å². The lowest BCUT2D eigenvalue weighted by Gasteiger charge is -2.30. The summed E-state index contributed by atoms with van der Waals surface area (Å²) >= 11 is 5.75. The Balaban J connectivity index is 1.27. The molecule has 5 aromatic rings. The van der Waals surface area contributed by atoms with E-state index < -0.39 is 17.1 Å². The lowest BCUT2D eigenvalue weighted by molar-refractivity contribution is -0.122. The van der Waals surface area contributed by atoms with E-state index in [1.807, 2.05) is 66.7 Å². The number of fused-ring (bicyclic) bond motifs is 3. The van der Waals surface area contributed by atoms with Gasteiger partial charge in [0.2, 0.25) is 17.7 Å². The molecule has 0 unspecified atom stereocenters. The molecule has 4 aromatic carbocycles. The third-order valence-electron chi connectivity index (χ3n) is 7.95. The molecule has 1 saturated heterocycles. The highest BCUT2D eigenvalue weighted by molar-refractivity contribution is 9.10. The second-order valence-corrected chi connectivity index (χ2v) is 13.5. The Morgan fingerprint density at radius 1 is 0.932 bits per heavy atom. The van der Waals surface area contributed by atoms with Gasteiger partial charge in [-0.25, -0.2) is 4.90 Å². The first-order valence-corrected chi connectivity index (χ1v) is 16.3. The van der Waals surface area contributed by atoms with Gasteiger partial charge >= 0.3 is 4.87 Å². The minimum absolute atomic E-state index is 0.228. The molecule has 2 aliphatic rings. The number of hydrogen-bond donors (Lipinski definition) is 1. The van der Waals surface area contributed by atoms with Gasteiger partial charge in [-0.15, -0.1) is 0 Å². The molecule has 2 aliphatic heterocycles. The molecule has 44 heavy (non-hydrogen) atoms. The Labute approximate surface area is 268 Å². The average molecular weight is 687 g/mol. The molecule has 3 atom stereocenters. The molecule has 1 aromatic heterocycles. The number of ether oxygens (including phenoxy) is 1. The maximum Gasteiger partial charge on any atom is 0.308 e. The average Bonchev–Trinajstić information content (AvgIpc) is 3.47. The largest absolute Gasteiger partial charge is 0.497 e. The van der Waals surface area contributed by atoms with E-state index in [9.17, 15) is 19.2 Å². The number of carbonyl (C=O) groups excluding carboxylic acids is 3. The van der Waals surface area contributed by atoms with Gasteiger partial charge in [0, 0.05) is 26.3 Å². The number of thioether (sulfide) groups is 1. The van der Waals surface area contributed by atoms with Crippen LogP contribution in [-0.2, 0) is 20.9 Å². The lowest BCUT2D eigenvalue weighted by Crippen LogP contribution is -2.33. The van der Waals surface area contributed by atoms with Gasteiger partial charge < -0.3 is 10.1 Å². The molecule has 220 valence electrons. The second kappa shape index (κ2) is 11.4. The van der Waals surface area contributed by atoms with E-state index >= 15 is 0 Å². The number of aromatic nitrogens is 1. The number of thiazole rings is 1. The van der Waals surface area contributed by atoms with Crippen LogP contribution in [0.4, 0.5) is 11.4 Å². The summed E-state index contributed by atoms with van der Waals surface area (Å²) in [4.78, 5) is 56.4. The maximum absolute atomic E-state index is 14.1. The van der Waals surface area contributed by atoms with E-state index in [1.165, 1.54) is 21.2 Å². The highest BCUT2D eigenvalue weighted by Crippen LogP contribution is 2.54. The van der Waals surface area contributed by atoms with Crippen LogP contribution < -0.4 is 19.8 Å². The van der Waals surface area contributed by atoms with Crippen molar-refractivity contribution in [2.24, 2.45) is 5.92 Å². The molecule has 8 nitrogen and oxygen atoms in total. The van der Waals surface area contributed by atoms with Crippen LogP contribution >= 0.6 is 39.0 Å². The number of halogens is 1. The van der Waals surface area contributed by atoms with Crippen molar-refractivity contribution >= 4 is 78.9 Å². The van der Waals surface area contributed by atoms with Gasteiger partial charge in [0.1, 0.15) is 17.5 Å². The predicted octanol–water partition coefficient (Wildman–Crippen LogP) is 6.27. The lowest BCUT2D eigenvalue weighted by atomic mass is 9.83. The Morgan fingerprint density at radius 3 is 2.45 bits per heavy atom. The minimum atomic E-state index is -0.775. The summed E-state index contributed by atoms with van der Waals surface area (Å²) in [6.07, 6.45) is 0. The van der Waals surface area contributed by atoms with Crippen molar-refractivity contribution in [2.45, 2.75) is 22.7 Å². The fourth-order valence-corrected chi connectivity index (χ4v) is 9.16. The van der Waals surface area contributed by atoms with E-state index in [4.69, 9.17) is 4.74 Å². The van der Waals surface area contributed by atoms with Crippen LogP contribution in [0.2, 0.25) is 0 Å². The van der Waals surface area contributed by atoms with Crippen LogP contribution in [0, 0.1) is 5.92 Å². The molecular formula is C33H24BrN3O5S2. The van der Waals surface area contributed by atoms with Gasteiger partial charge in [-0.2, -0.15) is 0 Å². The topological polar surface area (TPSA) is 97.7 Å². The highest BCUT2D eigenvalue weighted by Gasteiger charge is 2.56. The quantitative estimate of drug-likeness (QED) is 0.212. The smallest absolute Gasteiger partial charge is 0.308 e. The molecule has 7 rings (SSSR count). The zero-order valence-corrected chi connectivity index (χ0v) is 26.4. The summed E-state index contributed by atoms with van der Waals surface area (Å²) in [7, 11) is 1.55. The molecule has 3 heterocycles. The molecule has 1 fully saturated rings. The van der Waals surface area contributed by atoms with Crippen molar-refractivity contribution < 1.29 is 19.1 Å². The van der Waals surface area contributed by atoms with E-state index in [0.29, 0.717) is 27.0 Å². The van der Waals surface area contributed by atoms with Crippen molar-refractivity contribution in [3.63, 3.8) is 0 Å². The third-order valence-corrected chi connectivity index (χ3v) is 11.1. The fraction of sp³-hybridized carbons (Fsp3) is 0.152. The van der Waals surface area contributed by atoms with Gasteiger partial charge in [0.05, 0.1) is 23.7 Å². The summed E-state index contributed by atoms with van der Waals surface area (Å²) in [5.41, 5.74) is 1.91. The Morgan fingerprint density at radius 2 is 1.68 bits per heavy atom. The second-order valence-electron chi connectivity index (χ2n) is 10.5. The number of rotatable bonds is 6. The Kier molecular flexibility index (Phi) is 7.39. The molecule has 1 N–H and O–H groups in total. The van der Waals surface area contributed by atoms with Crippen LogP contribution in [0.1, 0.15) is 16.4 Å². The summed E-state index contributed by atoms with van der Waals surface area (Å²) in [5.74, 6) is -1.71. The van der Waals surface area contributed by atoms with Crippen LogP contribution in [0.15, 0.2) is 105 Å². The molecule has 0 saturated carbocycles. The number of nitrogens with zero attached hydrogens (tertiary/aromatic N) is 2. The van der Waals surface area contributed by atoms with Crippen molar-refractivity contribution in [3.8, 4) is 5.75 Å². The number of hydrogen-bond acceptors (Lipinski definition) is 7. The fourth-order valence-electron chi connectivity index (χ4n) is 5.97. The van der Waals surface area contributed by atoms with E-state index in [0.717, 1.165) is 32.1 Å². The monoisotopic (exact) mass is 685 g/mol. The van der Waals surface area contributed by atoms with Gasteiger partial charge in [0.25, 0.3) is 0 Å². The first-order valence-electron chi connectivity index (χ1n) is 13.8. The molecule has 11 heteroatoms. The minimum Gasteiger partial charge on any atom is -0.497 e. The maximum atomic E-state index is 14.1. The van der Waals surface area contributed by atoms with Crippen LogP contribution in [0.3, 0.4) is 0 Å². The summed E-state index contributed by atoms with van der Waals surface area (Å²) in [6.45, 7) is -0.228. The predicted molar refractivity (Wildman–Crippen MR) is 176 cm³/mol. The standard InChI is InChI=1S/C33H24BrN3O5S2/c1-42-22-14-12-21(13-15-22)37-30(39)27-26(19-8-4-9-20(34)16-19)29-32(43-28(27)31(37)40)36(33(41)44-29)17-25(38)35-24-11-5-7-18-6-2-3-10-23(18)24/h2-16,26-28H,17H2,1H3,(H,35,38)/t26-,27-,28+/m0/s1. The van der Waals surface area contributed by atoms with Crippen molar-refractivity contribution in [2.75, 3.05) is 17.3 Å². The van der Waals surface area contributed by atoms with Gasteiger partial charge in [-0.05, 0) is 53.4 Å². The Bertz CT molecular complexity index is 2020. The zero-order valence-electron chi connectivity index (χ0n) is 23.2. The normalized spacial score (nSPS) is 19.1. The van der Waals surface area contributed by atoms with Crippen molar-refractivity contribution in [3.05, 3.63) is 116 Å². The SMILES string of the molecule is COc1ccc(N2C(=O)[C@H]3[C@H](c4cccc(Br)c4)c4sc(=O)n(CC(=O)Nc5cccc6ccccc56)c4S[C@H]3C2=O)cc1. The van der Waals surface area contributed by atoms with E-state index in [1.54, 1.807) is 31.4 Å². The van der Waals surface area contributed by atoms with Crippen LogP contribution in [0.25, 0.3) is 10.8 Å². The molecule has 0 spiro atoms. The summed E-state index contributed by atoms with van der Waals surface area (Å²) in [6, 6.07) is 27.8.